The van der Waals surface area contributed by atoms with Gasteiger partial charge in [0.05, 0.1) is 17.5 Å². The minimum absolute atomic E-state index is 0.436. The Morgan fingerprint density at radius 1 is 1.21 bits per heavy atom. The summed E-state index contributed by atoms with van der Waals surface area (Å²) in [6.07, 6.45) is 1.76. The quantitative estimate of drug-likeness (QED) is 0.914. The summed E-state index contributed by atoms with van der Waals surface area (Å²) >= 11 is 0. The Morgan fingerprint density at radius 3 is 2.37 bits per heavy atom. The highest BCUT2D eigenvalue weighted by molar-refractivity contribution is 5.44. The molecule has 3 heteroatoms. The van der Waals surface area contributed by atoms with Crippen molar-refractivity contribution in [1.29, 1.82) is 0 Å². The third-order valence-corrected chi connectivity index (χ3v) is 3.46. The van der Waals surface area contributed by atoms with Gasteiger partial charge in [0.1, 0.15) is 0 Å². The van der Waals surface area contributed by atoms with Gasteiger partial charge in [-0.05, 0) is 38.3 Å². The standard InChI is InChI=1S/C16H22N2O/c1-11(2)13-8-6-7-9-15(13)18-12(3)14(10-17-18)16(4,5)19/h6-11,19H,1-5H3. The zero-order valence-corrected chi connectivity index (χ0v) is 12.3. The van der Waals surface area contributed by atoms with Crippen molar-refractivity contribution in [3.05, 3.63) is 47.3 Å². The minimum Gasteiger partial charge on any atom is -0.386 e. The molecule has 0 fully saturated rings. The molecule has 1 aromatic carbocycles. The second kappa shape index (κ2) is 4.82. The van der Waals surface area contributed by atoms with Crippen LogP contribution in [0.4, 0.5) is 0 Å². The van der Waals surface area contributed by atoms with E-state index in [0.29, 0.717) is 5.92 Å². The largest absolute Gasteiger partial charge is 0.386 e. The van der Waals surface area contributed by atoms with Gasteiger partial charge >= 0.3 is 0 Å². The molecule has 0 aliphatic rings. The number of rotatable bonds is 3. The first-order valence-electron chi connectivity index (χ1n) is 6.69. The molecule has 1 aromatic heterocycles. The summed E-state index contributed by atoms with van der Waals surface area (Å²) in [6.45, 7) is 9.92. The average Bonchev–Trinajstić information content (AvgIpc) is 2.70. The van der Waals surface area contributed by atoms with Gasteiger partial charge in [0.25, 0.3) is 0 Å². The molecule has 2 rings (SSSR count). The lowest BCUT2D eigenvalue weighted by atomic mass is 9.98. The van der Waals surface area contributed by atoms with Gasteiger partial charge in [-0.2, -0.15) is 5.10 Å². The van der Waals surface area contributed by atoms with E-state index in [2.05, 4.69) is 37.1 Å². The normalized spacial score (nSPS) is 12.2. The molecule has 0 aliphatic carbocycles. The number of nitrogens with zero attached hydrogens (tertiary/aromatic N) is 2. The summed E-state index contributed by atoms with van der Waals surface area (Å²) in [5.41, 5.74) is 3.34. The maximum absolute atomic E-state index is 10.2. The smallest absolute Gasteiger partial charge is 0.0873 e. The lowest BCUT2D eigenvalue weighted by Crippen LogP contribution is -2.16. The molecular formula is C16H22N2O. The van der Waals surface area contributed by atoms with Gasteiger partial charge in [-0.1, -0.05) is 32.0 Å². The van der Waals surface area contributed by atoms with Crippen LogP contribution in [0.25, 0.3) is 5.69 Å². The van der Waals surface area contributed by atoms with E-state index >= 15 is 0 Å². The van der Waals surface area contributed by atoms with Crippen molar-refractivity contribution in [2.24, 2.45) is 0 Å². The van der Waals surface area contributed by atoms with E-state index in [1.807, 2.05) is 17.7 Å². The van der Waals surface area contributed by atoms with Crippen LogP contribution in [0.3, 0.4) is 0 Å². The highest BCUT2D eigenvalue weighted by Gasteiger charge is 2.23. The molecule has 0 unspecified atom stereocenters. The molecule has 0 saturated heterocycles. The molecule has 2 aromatic rings. The van der Waals surface area contributed by atoms with Crippen molar-refractivity contribution >= 4 is 0 Å². The Bertz CT molecular complexity index is 577. The molecule has 3 nitrogen and oxygen atoms in total. The van der Waals surface area contributed by atoms with E-state index in [9.17, 15) is 5.11 Å². The van der Waals surface area contributed by atoms with Crippen LogP contribution >= 0.6 is 0 Å². The number of benzene rings is 1. The molecule has 0 atom stereocenters. The Hall–Kier alpha value is -1.61. The number of para-hydroxylation sites is 1. The van der Waals surface area contributed by atoms with Crippen LogP contribution < -0.4 is 0 Å². The summed E-state index contributed by atoms with van der Waals surface area (Å²) in [5, 5.41) is 14.6. The van der Waals surface area contributed by atoms with Gasteiger partial charge in [0.15, 0.2) is 0 Å². The first-order chi connectivity index (χ1) is 8.82. The topological polar surface area (TPSA) is 38.1 Å². The van der Waals surface area contributed by atoms with Crippen molar-refractivity contribution < 1.29 is 5.11 Å². The Kier molecular flexibility index (Phi) is 3.50. The van der Waals surface area contributed by atoms with Gasteiger partial charge in [0.2, 0.25) is 0 Å². The third-order valence-electron chi connectivity index (χ3n) is 3.46. The van der Waals surface area contributed by atoms with Crippen LogP contribution in [0.1, 0.15) is 50.4 Å². The van der Waals surface area contributed by atoms with E-state index in [1.165, 1.54) is 5.56 Å². The summed E-state index contributed by atoms with van der Waals surface area (Å²) in [4.78, 5) is 0. The van der Waals surface area contributed by atoms with E-state index in [-0.39, 0.29) is 0 Å². The van der Waals surface area contributed by atoms with Gasteiger partial charge in [-0.25, -0.2) is 4.68 Å². The van der Waals surface area contributed by atoms with Crippen molar-refractivity contribution in [3.8, 4) is 5.69 Å². The summed E-state index contributed by atoms with van der Waals surface area (Å²) in [5.74, 6) is 0.436. The molecule has 19 heavy (non-hydrogen) atoms. The summed E-state index contributed by atoms with van der Waals surface area (Å²) in [7, 11) is 0. The van der Waals surface area contributed by atoms with Gasteiger partial charge in [-0.3, -0.25) is 0 Å². The molecule has 1 N–H and O–H groups in total. The molecule has 0 aliphatic heterocycles. The Labute approximate surface area is 114 Å². The molecule has 0 bridgehead atoms. The molecule has 0 amide bonds. The first kappa shape index (κ1) is 13.8. The van der Waals surface area contributed by atoms with E-state index in [1.54, 1.807) is 20.0 Å². The van der Waals surface area contributed by atoms with Crippen LogP contribution in [0.15, 0.2) is 30.5 Å². The lowest BCUT2D eigenvalue weighted by molar-refractivity contribution is 0.0779. The second-order valence-corrected chi connectivity index (χ2v) is 5.83. The number of hydrogen-bond donors (Lipinski definition) is 1. The monoisotopic (exact) mass is 258 g/mol. The average molecular weight is 258 g/mol. The summed E-state index contributed by atoms with van der Waals surface area (Å²) in [6, 6.07) is 8.27. The Balaban J connectivity index is 2.58. The van der Waals surface area contributed by atoms with E-state index in [0.717, 1.165) is 16.9 Å². The van der Waals surface area contributed by atoms with E-state index in [4.69, 9.17) is 0 Å². The highest BCUT2D eigenvalue weighted by atomic mass is 16.3. The van der Waals surface area contributed by atoms with E-state index < -0.39 is 5.60 Å². The highest BCUT2D eigenvalue weighted by Crippen LogP contribution is 2.28. The molecule has 1 heterocycles. The van der Waals surface area contributed by atoms with Crippen LogP contribution in [-0.2, 0) is 5.60 Å². The number of aromatic nitrogens is 2. The Morgan fingerprint density at radius 2 is 1.84 bits per heavy atom. The SMILES string of the molecule is Cc1c(C(C)(C)O)cnn1-c1ccccc1C(C)C. The fraction of sp³-hybridized carbons (Fsp3) is 0.438. The molecule has 0 radical (unpaired) electrons. The third kappa shape index (κ3) is 2.56. The van der Waals surface area contributed by atoms with Crippen LogP contribution in [0.5, 0.6) is 0 Å². The first-order valence-corrected chi connectivity index (χ1v) is 6.69. The van der Waals surface area contributed by atoms with Crippen molar-refractivity contribution in [1.82, 2.24) is 9.78 Å². The van der Waals surface area contributed by atoms with Gasteiger partial charge < -0.3 is 5.11 Å². The van der Waals surface area contributed by atoms with Gasteiger partial charge in [-0.15, -0.1) is 0 Å². The molecule has 0 saturated carbocycles. The zero-order valence-electron chi connectivity index (χ0n) is 12.3. The van der Waals surface area contributed by atoms with Gasteiger partial charge in [0, 0.05) is 11.3 Å². The fourth-order valence-electron chi connectivity index (χ4n) is 2.42. The van der Waals surface area contributed by atoms with Crippen LogP contribution in [-0.4, -0.2) is 14.9 Å². The zero-order chi connectivity index (χ0) is 14.2. The van der Waals surface area contributed by atoms with Crippen molar-refractivity contribution in [2.75, 3.05) is 0 Å². The maximum atomic E-state index is 10.2. The summed E-state index contributed by atoms with van der Waals surface area (Å²) < 4.78 is 1.92. The predicted molar refractivity (Wildman–Crippen MR) is 77.6 cm³/mol. The number of hydrogen-bond acceptors (Lipinski definition) is 2. The molecular weight excluding hydrogens is 236 g/mol. The van der Waals surface area contributed by atoms with Crippen molar-refractivity contribution in [2.45, 2.75) is 46.1 Å². The van der Waals surface area contributed by atoms with Crippen LogP contribution in [0, 0.1) is 6.92 Å². The second-order valence-electron chi connectivity index (χ2n) is 5.83. The fourth-order valence-corrected chi connectivity index (χ4v) is 2.42. The molecule has 0 spiro atoms. The minimum atomic E-state index is -0.866. The van der Waals surface area contributed by atoms with Crippen LogP contribution in [0.2, 0.25) is 0 Å². The maximum Gasteiger partial charge on any atom is 0.0873 e. The predicted octanol–water partition coefficient (Wildman–Crippen LogP) is 3.53. The lowest BCUT2D eigenvalue weighted by Gasteiger charge is -2.18. The van der Waals surface area contributed by atoms with Crippen molar-refractivity contribution in [3.63, 3.8) is 0 Å². The molecule has 102 valence electrons. The number of aliphatic hydroxyl groups is 1.